The second-order valence-electron chi connectivity index (χ2n) is 4.92. The molecule has 0 amide bonds. The predicted octanol–water partition coefficient (Wildman–Crippen LogP) is 3.44. The van der Waals surface area contributed by atoms with Gasteiger partial charge in [-0.2, -0.15) is 10.2 Å². The fourth-order valence-electron chi connectivity index (χ4n) is 1.83. The molecule has 122 valence electrons. The average Bonchev–Trinajstić information content (AvgIpc) is 2.57. The van der Waals surface area contributed by atoms with Crippen molar-refractivity contribution < 1.29 is 4.74 Å². The molecular weight excluding hydrogens is 316 g/mol. The third kappa shape index (κ3) is 5.41. The maximum Gasteiger partial charge on any atom is 0.285 e. The minimum Gasteiger partial charge on any atom is -0.494 e. The summed E-state index contributed by atoms with van der Waals surface area (Å²) in [5.41, 5.74) is 3.47. The molecule has 23 heavy (non-hydrogen) atoms. The molecule has 0 aliphatic heterocycles. The minimum atomic E-state index is -0.462. The Bertz CT molecular complexity index is 698. The Morgan fingerprint density at radius 3 is 2.87 bits per heavy atom. The summed E-state index contributed by atoms with van der Waals surface area (Å²) in [6, 6.07) is 7.60. The Hall–Kier alpha value is -2.34. The van der Waals surface area contributed by atoms with Gasteiger partial charge in [0.05, 0.1) is 19.0 Å². The van der Waals surface area contributed by atoms with Crippen LogP contribution in [0.4, 0.5) is 5.69 Å². The number of aromatic amines is 1. The van der Waals surface area contributed by atoms with Crippen molar-refractivity contribution in [2.24, 2.45) is 5.10 Å². The summed E-state index contributed by atoms with van der Waals surface area (Å²) in [4.78, 5) is 11.3. The lowest BCUT2D eigenvalue weighted by molar-refractivity contribution is 0.306. The summed E-state index contributed by atoms with van der Waals surface area (Å²) in [7, 11) is 0. The van der Waals surface area contributed by atoms with E-state index in [1.807, 2.05) is 24.3 Å². The normalized spacial score (nSPS) is 10.9. The van der Waals surface area contributed by atoms with Gasteiger partial charge in [0.2, 0.25) is 0 Å². The van der Waals surface area contributed by atoms with Crippen LogP contribution in [0, 0.1) is 0 Å². The summed E-state index contributed by atoms with van der Waals surface area (Å²) in [5.74, 6) is 0.841. The van der Waals surface area contributed by atoms with Crippen LogP contribution >= 0.6 is 11.6 Å². The molecule has 2 rings (SSSR count). The van der Waals surface area contributed by atoms with Gasteiger partial charge in [0, 0.05) is 0 Å². The van der Waals surface area contributed by atoms with Crippen molar-refractivity contribution in [3.8, 4) is 5.75 Å². The van der Waals surface area contributed by atoms with Crippen LogP contribution in [-0.4, -0.2) is 23.0 Å². The number of nitrogens with zero attached hydrogens (tertiary/aromatic N) is 2. The zero-order chi connectivity index (χ0) is 16.5. The molecular formula is C16H19ClN4O2. The van der Waals surface area contributed by atoms with Crippen molar-refractivity contribution >= 4 is 23.5 Å². The van der Waals surface area contributed by atoms with Crippen molar-refractivity contribution in [1.29, 1.82) is 0 Å². The lowest BCUT2D eigenvalue weighted by atomic mass is 10.2. The second-order valence-corrected chi connectivity index (χ2v) is 5.30. The fraction of sp³-hybridized carbons (Fsp3) is 0.312. The van der Waals surface area contributed by atoms with E-state index in [4.69, 9.17) is 16.3 Å². The Kier molecular flexibility index (Phi) is 6.62. The van der Waals surface area contributed by atoms with E-state index in [9.17, 15) is 4.79 Å². The number of ether oxygens (including phenoxy) is 1. The first-order valence-corrected chi connectivity index (χ1v) is 7.83. The van der Waals surface area contributed by atoms with E-state index in [0.29, 0.717) is 5.69 Å². The predicted molar refractivity (Wildman–Crippen MR) is 92.5 cm³/mol. The lowest BCUT2D eigenvalue weighted by Gasteiger charge is -2.05. The number of hydrogen-bond acceptors (Lipinski definition) is 5. The molecule has 0 bridgehead atoms. The van der Waals surface area contributed by atoms with Crippen molar-refractivity contribution in [3.63, 3.8) is 0 Å². The van der Waals surface area contributed by atoms with Gasteiger partial charge >= 0.3 is 0 Å². The van der Waals surface area contributed by atoms with E-state index < -0.39 is 5.56 Å². The molecule has 0 aliphatic carbocycles. The van der Waals surface area contributed by atoms with Crippen LogP contribution in [0.5, 0.6) is 5.75 Å². The summed E-state index contributed by atoms with van der Waals surface area (Å²) in [5, 5.41) is 9.94. The number of unbranched alkanes of at least 4 members (excludes halogenated alkanes) is 2. The van der Waals surface area contributed by atoms with Crippen molar-refractivity contribution in [1.82, 2.24) is 10.2 Å². The maximum absolute atomic E-state index is 11.3. The van der Waals surface area contributed by atoms with Crippen LogP contribution in [0.1, 0.15) is 31.7 Å². The van der Waals surface area contributed by atoms with Crippen LogP contribution in [0.15, 0.2) is 40.4 Å². The molecule has 0 atom stereocenters. The summed E-state index contributed by atoms with van der Waals surface area (Å²) in [6.07, 6.45) is 6.44. The van der Waals surface area contributed by atoms with Gasteiger partial charge in [-0.05, 0) is 36.2 Å². The molecule has 2 aromatic rings. The number of anilines is 1. The topological polar surface area (TPSA) is 79.4 Å². The van der Waals surface area contributed by atoms with Crippen molar-refractivity contribution in [2.45, 2.75) is 26.2 Å². The number of H-pyrrole nitrogens is 1. The van der Waals surface area contributed by atoms with E-state index in [-0.39, 0.29) is 5.02 Å². The Morgan fingerprint density at radius 1 is 1.35 bits per heavy atom. The van der Waals surface area contributed by atoms with Gasteiger partial charge in [-0.15, -0.1) is 0 Å². The quantitative estimate of drug-likeness (QED) is 0.440. The van der Waals surface area contributed by atoms with Gasteiger partial charge in [0.25, 0.3) is 5.56 Å². The SMILES string of the molecule is CCCCCOc1ccc(/C=N\Nc2cn[nH]c(=O)c2Cl)cc1. The van der Waals surface area contributed by atoms with Gasteiger partial charge in [0.15, 0.2) is 0 Å². The first-order chi connectivity index (χ1) is 11.2. The minimum absolute atomic E-state index is 0.0213. The van der Waals surface area contributed by atoms with Crippen LogP contribution in [-0.2, 0) is 0 Å². The lowest BCUT2D eigenvalue weighted by Crippen LogP contribution is -2.10. The average molecular weight is 335 g/mol. The van der Waals surface area contributed by atoms with Crippen LogP contribution in [0.3, 0.4) is 0 Å². The zero-order valence-electron chi connectivity index (χ0n) is 12.9. The van der Waals surface area contributed by atoms with Crippen LogP contribution in [0.2, 0.25) is 5.02 Å². The van der Waals surface area contributed by atoms with E-state index in [1.54, 1.807) is 6.21 Å². The number of halogens is 1. The first-order valence-electron chi connectivity index (χ1n) is 7.46. The Labute approximate surface area is 139 Å². The van der Waals surface area contributed by atoms with Gasteiger partial charge in [-0.1, -0.05) is 31.4 Å². The summed E-state index contributed by atoms with van der Waals surface area (Å²) >= 11 is 5.83. The van der Waals surface area contributed by atoms with E-state index >= 15 is 0 Å². The highest BCUT2D eigenvalue weighted by atomic mass is 35.5. The third-order valence-corrected chi connectivity index (χ3v) is 3.47. The monoisotopic (exact) mass is 334 g/mol. The van der Waals surface area contributed by atoms with Gasteiger partial charge < -0.3 is 4.74 Å². The highest BCUT2D eigenvalue weighted by Gasteiger charge is 2.02. The van der Waals surface area contributed by atoms with Crippen LogP contribution < -0.4 is 15.7 Å². The number of hydrogen-bond donors (Lipinski definition) is 2. The van der Waals surface area contributed by atoms with E-state index in [1.165, 1.54) is 19.0 Å². The highest BCUT2D eigenvalue weighted by molar-refractivity contribution is 6.32. The third-order valence-electron chi connectivity index (χ3n) is 3.09. The Balaban J connectivity index is 1.88. The molecule has 0 aliphatic rings. The molecule has 2 N–H and O–H groups in total. The van der Waals surface area contributed by atoms with E-state index in [2.05, 4.69) is 27.6 Å². The molecule has 0 saturated carbocycles. The first kappa shape index (κ1) is 17.0. The number of hydrazone groups is 1. The molecule has 1 aromatic carbocycles. The Morgan fingerprint density at radius 2 is 2.13 bits per heavy atom. The van der Waals surface area contributed by atoms with Gasteiger partial charge in [-0.25, -0.2) is 5.10 Å². The molecule has 0 unspecified atom stereocenters. The van der Waals surface area contributed by atoms with E-state index in [0.717, 1.165) is 24.3 Å². The number of nitrogens with one attached hydrogen (secondary N) is 2. The fourth-order valence-corrected chi connectivity index (χ4v) is 1.96. The molecule has 0 radical (unpaired) electrons. The highest BCUT2D eigenvalue weighted by Crippen LogP contribution is 2.14. The number of aromatic nitrogens is 2. The van der Waals surface area contributed by atoms with Crippen molar-refractivity contribution in [2.75, 3.05) is 12.0 Å². The van der Waals surface area contributed by atoms with Gasteiger partial charge in [0.1, 0.15) is 16.5 Å². The standard InChI is InChI=1S/C16H19ClN4O2/c1-2-3-4-9-23-13-7-5-12(6-8-13)10-18-20-14-11-19-21-16(22)15(14)17/h5-8,10-11H,2-4,9H2,1H3,(H2,20,21,22)/b18-10-. The van der Waals surface area contributed by atoms with Gasteiger partial charge in [-0.3, -0.25) is 10.2 Å². The second kappa shape index (κ2) is 8.95. The molecule has 1 aromatic heterocycles. The molecule has 0 fully saturated rings. The van der Waals surface area contributed by atoms with Crippen molar-refractivity contribution in [3.05, 3.63) is 51.4 Å². The molecule has 7 heteroatoms. The molecule has 0 spiro atoms. The summed E-state index contributed by atoms with van der Waals surface area (Å²) in [6.45, 7) is 2.90. The smallest absolute Gasteiger partial charge is 0.285 e. The maximum atomic E-state index is 11.3. The summed E-state index contributed by atoms with van der Waals surface area (Å²) < 4.78 is 5.64. The number of rotatable bonds is 8. The van der Waals surface area contributed by atoms with Crippen LogP contribution in [0.25, 0.3) is 0 Å². The molecule has 6 nitrogen and oxygen atoms in total. The number of benzene rings is 1. The molecule has 1 heterocycles. The largest absolute Gasteiger partial charge is 0.494 e. The zero-order valence-corrected chi connectivity index (χ0v) is 13.6. The molecule has 0 saturated heterocycles.